The highest BCUT2D eigenvalue weighted by Gasteiger charge is 2.31. The van der Waals surface area contributed by atoms with Crippen LogP contribution in [0.25, 0.3) is 0 Å². The van der Waals surface area contributed by atoms with Crippen molar-refractivity contribution in [1.29, 1.82) is 0 Å². The maximum atomic E-state index is 5.45. The van der Waals surface area contributed by atoms with E-state index >= 15 is 0 Å². The maximum absolute atomic E-state index is 5.45. The number of nitrogens with one attached hydrogen (secondary N) is 1. The second-order valence-corrected chi connectivity index (χ2v) is 6.16. The number of hydrogen-bond donors (Lipinski definition) is 1. The molecule has 1 N–H and O–H groups in total. The van der Waals surface area contributed by atoms with E-state index < -0.39 is 0 Å². The van der Waals surface area contributed by atoms with E-state index in [1.807, 2.05) is 0 Å². The molecule has 3 heteroatoms. The first kappa shape index (κ1) is 14.7. The third-order valence-corrected chi connectivity index (χ3v) is 4.68. The first-order valence-electron chi connectivity index (χ1n) is 7.06. The van der Waals surface area contributed by atoms with Crippen LogP contribution in [0.2, 0.25) is 0 Å². The van der Waals surface area contributed by atoms with Gasteiger partial charge in [0.15, 0.2) is 5.11 Å². The van der Waals surface area contributed by atoms with Crippen LogP contribution in [0.4, 0.5) is 0 Å². The van der Waals surface area contributed by atoms with Crippen molar-refractivity contribution >= 4 is 17.3 Å². The van der Waals surface area contributed by atoms with E-state index in [1.165, 1.54) is 25.7 Å². The Kier molecular flexibility index (Phi) is 5.71. The minimum absolute atomic E-state index is 0.587. The summed E-state index contributed by atoms with van der Waals surface area (Å²) in [6.07, 6.45) is 5.21. The number of hydrogen-bond acceptors (Lipinski definition) is 1. The average molecular weight is 256 g/mol. The quantitative estimate of drug-likeness (QED) is 0.776. The number of nitrogens with zero attached hydrogens (tertiary/aromatic N) is 1. The molecule has 1 fully saturated rings. The van der Waals surface area contributed by atoms with Gasteiger partial charge in [0, 0.05) is 19.6 Å². The van der Waals surface area contributed by atoms with Crippen molar-refractivity contribution in [2.24, 2.45) is 11.3 Å². The van der Waals surface area contributed by atoms with Crippen LogP contribution >= 0.6 is 12.2 Å². The van der Waals surface area contributed by atoms with Gasteiger partial charge in [-0.05, 0) is 36.4 Å². The molecule has 1 aliphatic rings. The van der Waals surface area contributed by atoms with Gasteiger partial charge in [0.05, 0.1) is 0 Å². The van der Waals surface area contributed by atoms with Crippen LogP contribution in [-0.4, -0.2) is 29.6 Å². The Hall–Kier alpha value is -0.310. The molecule has 2 nitrogen and oxygen atoms in total. The molecule has 17 heavy (non-hydrogen) atoms. The second-order valence-electron chi connectivity index (χ2n) is 5.77. The fourth-order valence-corrected chi connectivity index (χ4v) is 2.81. The number of piperidine rings is 1. The molecule has 0 saturated carbocycles. The lowest BCUT2D eigenvalue weighted by molar-refractivity contribution is 0.135. The van der Waals surface area contributed by atoms with Crippen LogP contribution in [-0.2, 0) is 0 Å². The third-order valence-electron chi connectivity index (χ3n) is 4.27. The van der Waals surface area contributed by atoms with Crippen molar-refractivity contribution in [2.75, 3.05) is 19.6 Å². The first-order valence-corrected chi connectivity index (χ1v) is 7.46. The summed E-state index contributed by atoms with van der Waals surface area (Å²) < 4.78 is 0. The number of likely N-dealkylation sites (tertiary alicyclic amines) is 1. The predicted octanol–water partition coefficient (Wildman–Crippen LogP) is 3.42. The summed E-state index contributed by atoms with van der Waals surface area (Å²) in [5, 5.41) is 4.33. The molecule has 0 spiro atoms. The van der Waals surface area contributed by atoms with Crippen molar-refractivity contribution in [3.63, 3.8) is 0 Å². The Labute approximate surface area is 112 Å². The zero-order valence-electron chi connectivity index (χ0n) is 11.9. The van der Waals surface area contributed by atoms with Crippen molar-refractivity contribution in [3.8, 4) is 0 Å². The van der Waals surface area contributed by atoms with Gasteiger partial charge in [-0.1, -0.05) is 40.5 Å². The van der Waals surface area contributed by atoms with Crippen LogP contribution in [0.3, 0.4) is 0 Å². The molecule has 0 aromatic carbocycles. The second kappa shape index (κ2) is 6.58. The summed E-state index contributed by atoms with van der Waals surface area (Å²) in [5.74, 6) is 0.656. The standard InChI is InChI=1S/C14H28N2S/c1-5-14(6-2)7-9-16(10-8-14)13(17)15-11-12(3)4/h12H,5-11H2,1-4H3,(H,15,17). The zero-order valence-corrected chi connectivity index (χ0v) is 12.7. The molecular formula is C14H28N2S. The summed E-state index contributed by atoms with van der Waals surface area (Å²) in [4.78, 5) is 2.35. The zero-order chi connectivity index (χ0) is 12.9. The molecular weight excluding hydrogens is 228 g/mol. The Morgan fingerprint density at radius 2 is 1.76 bits per heavy atom. The van der Waals surface area contributed by atoms with Crippen molar-refractivity contribution in [1.82, 2.24) is 10.2 Å². The van der Waals surface area contributed by atoms with E-state index in [2.05, 4.69) is 37.9 Å². The average Bonchev–Trinajstić information content (AvgIpc) is 2.36. The van der Waals surface area contributed by atoms with Gasteiger partial charge >= 0.3 is 0 Å². The molecule has 1 rings (SSSR count). The molecule has 1 saturated heterocycles. The highest BCUT2D eigenvalue weighted by molar-refractivity contribution is 7.80. The molecule has 100 valence electrons. The maximum Gasteiger partial charge on any atom is 0.168 e. The van der Waals surface area contributed by atoms with Gasteiger partial charge in [0.2, 0.25) is 0 Å². The monoisotopic (exact) mass is 256 g/mol. The Morgan fingerprint density at radius 1 is 1.24 bits per heavy atom. The van der Waals surface area contributed by atoms with Crippen LogP contribution < -0.4 is 5.32 Å². The van der Waals surface area contributed by atoms with E-state index in [-0.39, 0.29) is 0 Å². The van der Waals surface area contributed by atoms with Crippen molar-refractivity contribution < 1.29 is 0 Å². The summed E-state index contributed by atoms with van der Waals surface area (Å²) in [7, 11) is 0. The molecule has 0 unspecified atom stereocenters. The number of thiocarbonyl (C=S) groups is 1. The summed E-state index contributed by atoms with van der Waals surface area (Å²) in [6.45, 7) is 12.3. The van der Waals surface area contributed by atoms with Crippen LogP contribution in [0.1, 0.15) is 53.4 Å². The molecule has 1 heterocycles. The Bertz CT molecular complexity index is 237. The summed E-state index contributed by atoms with van der Waals surface area (Å²) in [6, 6.07) is 0. The lowest BCUT2D eigenvalue weighted by Crippen LogP contribution is -2.47. The van der Waals surface area contributed by atoms with Gasteiger partial charge in [-0.2, -0.15) is 0 Å². The fourth-order valence-electron chi connectivity index (χ4n) is 2.54. The SMILES string of the molecule is CCC1(CC)CCN(C(=S)NCC(C)C)CC1. The lowest BCUT2D eigenvalue weighted by Gasteiger charge is -2.42. The van der Waals surface area contributed by atoms with Gasteiger partial charge in [-0.3, -0.25) is 0 Å². The fraction of sp³-hybridized carbons (Fsp3) is 0.929. The van der Waals surface area contributed by atoms with E-state index in [1.54, 1.807) is 0 Å². The van der Waals surface area contributed by atoms with Crippen LogP contribution in [0.15, 0.2) is 0 Å². The molecule has 0 aromatic heterocycles. The lowest BCUT2D eigenvalue weighted by atomic mass is 9.74. The molecule has 1 aliphatic heterocycles. The Morgan fingerprint density at radius 3 is 2.18 bits per heavy atom. The summed E-state index contributed by atoms with van der Waals surface area (Å²) in [5.41, 5.74) is 0.587. The highest BCUT2D eigenvalue weighted by Crippen LogP contribution is 2.37. The normalized spacial score (nSPS) is 19.5. The summed E-state index contributed by atoms with van der Waals surface area (Å²) >= 11 is 5.45. The van der Waals surface area contributed by atoms with Gasteiger partial charge < -0.3 is 10.2 Å². The molecule has 0 aliphatic carbocycles. The number of rotatable bonds is 4. The molecule has 0 amide bonds. The molecule has 0 atom stereocenters. The van der Waals surface area contributed by atoms with Crippen LogP contribution in [0.5, 0.6) is 0 Å². The Balaban J connectivity index is 2.38. The minimum atomic E-state index is 0.587. The van der Waals surface area contributed by atoms with E-state index in [0.29, 0.717) is 11.3 Å². The minimum Gasteiger partial charge on any atom is -0.362 e. The van der Waals surface area contributed by atoms with Crippen molar-refractivity contribution in [3.05, 3.63) is 0 Å². The largest absolute Gasteiger partial charge is 0.362 e. The van der Waals surface area contributed by atoms with E-state index in [9.17, 15) is 0 Å². The third kappa shape index (κ3) is 4.13. The van der Waals surface area contributed by atoms with Gasteiger partial charge in [0.1, 0.15) is 0 Å². The molecule has 0 bridgehead atoms. The smallest absolute Gasteiger partial charge is 0.168 e. The molecule has 0 radical (unpaired) electrons. The van der Waals surface area contributed by atoms with Crippen molar-refractivity contribution in [2.45, 2.75) is 53.4 Å². The van der Waals surface area contributed by atoms with Gasteiger partial charge in [0.25, 0.3) is 0 Å². The highest BCUT2D eigenvalue weighted by atomic mass is 32.1. The van der Waals surface area contributed by atoms with E-state index in [4.69, 9.17) is 12.2 Å². The predicted molar refractivity (Wildman–Crippen MR) is 79.3 cm³/mol. The van der Waals surface area contributed by atoms with E-state index in [0.717, 1.165) is 24.7 Å². The van der Waals surface area contributed by atoms with Gasteiger partial charge in [-0.25, -0.2) is 0 Å². The van der Waals surface area contributed by atoms with Gasteiger partial charge in [-0.15, -0.1) is 0 Å². The first-order chi connectivity index (χ1) is 8.03. The topological polar surface area (TPSA) is 15.3 Å². The molecule has 0 aromatic rings. The van der Waals surface area contributed by atoms with Crippen LogP contribution in [0, 0.1) is 11.3 Å².